The van der Waals surface area contributed by atoms with E-state index in [0.717, 1.165) is 34.1 Å². The van der Waals surface area contributed by atoms with Crippen LogP contribution in [0.1, 0.15) is 11.5 Å². The van der Waals surface area contributed by atoms with E-state index in [1.165, 1.54) is 15.9 Å². The van der Waals surface area contributed by atoms with Crippen molar-refractivity contribution in [3.8, 4) is 0 Å². The molecule has 0 aliphatic rings. The first-order valence-corrected chi connectivity index (χ1v) is 13.5. The van der Waals surface area contributed by atoms with Crippen LogP contribution < -0.4 is 28.3 Å². The lowest BCUT2D eigenvalue weighted by molar-refractivity contribution is -0.00000682. The van der Waals surface area contributed by atoms with Crippen molar-refractivity contribution in [1.29, 1.82) is 0 Å². The first-order chi connectivity index (χ1) is 16.8. The minimum absolute atomic E-state index is 0. The van der Waals surface area contributed by atoms with Crippen LogP contribution in [0.3, 0.4) is 0 Å². The van der Waals surface area contributed by atoms with Crippen LogP contribution >= 0.6 is 7.26 Å². The van der Waals surface area contributed by atoms with Gasteiger partial charge in [0, 0.05) is 5.39 Å². The summed E-state index contributed by atoms with van der Waals surface area (Å²) in [5.41, 5.74) is 3.13. The van der Waals surface area contributed by atoms with E-state index < -0.39 is 7.26 Å². The number of nitrogens with zero attached hydrogens (tertiary/aromatic N) is 3. The van der Waals surface area contributed by atoms with Gasteiger partial charge in [-0.15, -0.1) is 0 Å². The minimum atomic E-state index is -2.07. The van der Waals surface area contributed by atoms with Crippen molar-refractivity contribution in [2.75, 3.05) is 0 Å². The van der Waals surface area contributed by atoms with Crippen LogP contribution in [0.2, 0.25) is 0 Å². The van der Waals surface area contributed by atoms with E-state index >= 15 is 0 Å². The summed E-state index contributed by atoms with van der Waals surface area (Å²) in [7, 11) is -2.07. The number of hydrogen-bond acceptors (Lipinski definition) is 2. The van der Waals surface area contributed by atoms with Gasteiger partial charge in [-0.2, -0.15) is 5.10 Å². The predicted octanol–water partition coefficient (Wildman–Crippen LogP) is 2.69. The average Bonchev–Trinajstić information content (AvgIpc) is 3.31. The number of benzene rings is 4. The smallest absolute Gasteiger partial charge is 0.169 e. The maximum absolute atomic E-state index is 5.21. The fourth-order valence-electron chi connectivity index (χ4n) is 4.95. The topological polar surface area (TPSA) is 30.2 Å². The molecule has 6 rings (SSSR count). The van der Waals surface area contributed by atoms with Gasteiger partial charge < -0.3 is 12.4 Å². The SMILES string of the molecule is Cc1cc2c3ccccc3nc(C[P+](c3ccccc3)(c3ccccc3)c3ccccc3)n2n1.[Cl-]. The molecule has 0 atom stereocenters. The van der Waals surface area contributed by atoms with E-state index in [2.05, 4.69) is 133 Å². The highest BCUT2D eigenvalue weighted by atomic mass is 35.5. The van der Waals surface area contributed by atoms with Crippen molar-refractivity contribution in [1.82, 2.24) is 14.6 Å². The molecule has 0 spiro atoms. The van der Waals surface area contributed by atoms with Crippen molar-refractivity contribution in [3.05, 3.63) is 133 Å². The molecule has 0 saturated carbocycles. The molecule has 0 aliphatic carbocycles. The number of fused-ring (bicyclic) bond motifs is 3. The number of aromatic nitrogens is 3. The Morgan fingerprint density at radius 1 is 0.657 bits per heavy atom. The van der Waals surface area contributed by atoms with Crippen LogP contribution in [0.5, 0.6) is 0 Å². The maximum Gasteiger partial charge on any atom is 0.169 e. The normalized spacial score (nSPS) is 11.5. The summed E-state index contributed by atoms with van der Waals surface area (Å²) in [6.45, 7) is 2.06. The molecular formula is C30H25ClN3P. The van der Waals surface area contributed by atoms with Crippen LogP contribution in [0.4, 0.5) is 0 Å². The monoisotopic (exact) mass is 493 g/mol. The zero-order valence-corrected chi connectivity index (χ0v) is 21.1. The summed E-state index contributed by atoms with van der Waals surface area (Å²) in [6, 6.07) is 43.4. The van der Waals surface area contributed by atoms with Crippen LogP contribution in [0.25, 0.3) is 16.4 Å². The molecule has 6 aromatic rings. The summed E-state index contributed by atoms with van der Waals surface area (Å²) in [5, 5.41) is 10.1. The van der Waals surface area contributed by atoms with Gasteiger partial charge in [0.2, 0.25) is 0 Å². The second-order valence-corrected chi connectivity index (χ2v) is 12.1. The number of hydrogen-bond donors (Lipinski definition) is 0. The third-order valence-corrected chi connectivity index (χ3v) is 10.8. The molecule has 0 amide bonds. The highest BCUT2D eigenvalue weighted by molar-refractivity contribution is 7.95. The van der Waals surface area contributed by atoms with Gasteiger partial charge in [-0.25, -0.2) is 9.50 Å². The van der Waals surface area contributed by atoms with Gasteiger partial charge >= 0.3 is 0 Å². The highest BCUT2D eigenvalue weighted by Crippen LogP contribution is 2.58. The van der Waals surface area contributed by atoms with Gasteiger partial charge in [-0.05, 0) is 55.5 Å². The first-order valence-electron chi connectivity index (χ1n) is 11.5. The van der Waals surface area contributed by atoms with Crippen LogP contribution in [0.15, 0.2) is 121 Å². The molecule has 172 valence electrons. The van der Waals surface area contributed by atoms with Crippen LogP contribution in [-0.4, -0.2) is 14.6 Å². The lowest BCUT2D eigenvalue weighted by Crippen LogP contribution is -3.00. The third kappa shape index (κ3) is 4.01. The molecule has 4 aromatic carbocycles. The van der Waals surface area contributed by atoms with Crippen molar-refractivity contribution in [2.24, 2.45) is 0 Å². The maximum atomic E-state index is 5.21. The largest absolute Gasteiger partial charge is 1.00 e. The second kappa shape index (κ2) is 9.62. The van der Waals surface area contributed by atoms with E-state index in [0.29, 0.717) is 0 Å². The standard InChI is InChI=1S/C30H25N3P.ClH/c1-23-21-29-27-19-11-12-20-28(27)31-30(33(29)32-23)22-34(24-13-5-2-6-14-24,25-15-7-3-8-16-25)26-17-9-4-10-18-26;/h2-21H,22H2,1H3;1H/q+1;/p-1. The number of para-hydroxylation sites is 1. The fourth-order valence-corrected chi connectivity index (χ4v) is 9.06. The van der Waals surface area contributed by atoms with E-state index in [4.69, 9.17) is 10.1 Å². The molecule has 0 bridgehead atoms. The van der Waals surface area contributed by atoms with E-state index in [9.17, 15) is 0 Å². The molecule has 0 fully saturated rings. The van der Waals surface area contributed by atoms with Gasteiger partial charge in [-0.3, -0.25) is 0 Å². The molecular weight excluding hydrogens is 469 g/mol. The number of halogens is 1. The Morgan fingerprint density at radius 2 is 1.14 bits per heavy atom. The molecule has 0 N–H and O–H groups in total. The predicted molar refractivity (Wildman–Crippen MR) is 144 cm³/mol. The summed E-state index contributed by atoms with van der Waals surface area (Å²) in [5.74, 6) is 0.992. The Kier molecular flexibility index (Phi) is 6.38. The van der Waals surface area contributed by atoms with Crippen molar-refractivity contribution < 1.29 is 12.4 Å². The van der Waals surface area contributed by atoms with E-state index in [1.807, 2.05) is 0 Å². The lowest BCUT2D eigenvalue weighted by Gasteiger charge is -2.27. The van der Waals surface area contributed by atoms with Crippen LogP contribution in [0, 0.1) is 6.92 Å². The molecule has 35 heavy (non-hydrogen) atoms. The van der Waals surface area contributed by atoms with Gasteiger partial charge in [0.1, 0.15) is 29.3 Å². The highest BCUT2D eigenvalue weighted by Gasteiger charge is 2.46. The molecule has 0 unspecified atom stereocenters. The Hall–Kier alpha value is -3.52. The number of aryl methyl sites for hydroxylation is 1. The van der Waals surface area contributed by atoms with Crippen LogP contribution in [-0.2, 0) is 6.16 Å². The molecule has 0 saturated heterocycles. The molecule has 3 nitrogen and oxygen atoms in total. The third-order valence-electron chi connectivity index (χ3n) is 6.48. The van der Waals surface area contributed by atoms with Crippen molar-refractivity contribution >= 4 is 39.6 Å². The first kappa shape index (κ1) is 23.2. The van der Waals surface area contributed by atoms with Gasteiger partial charge in [0.25, 0.3) is 0 Å². The second-order valence-electron chi connectivity index (χ2n) is 8.60. The van der Waals surface area contributed by atoms with Gasteiger partial charge in [0.05, 0.1) is 16.7 Å². The van der Waals surface area contributed by atoms with Gasteiger partial charge in [-0.1, -0.05) is 72.8 Å². The summed E-state index contributed by atoms with van der Waals surface area (Å²) in [4.78, 5) is 5.21. The van der Waals surface area contributed by atoms with E-state index in [-0.39, 0.29) is 12.4 Å². The number of rotatable bonds is 5. The molecule has 2 heterocycles. The zero-order valence-electron chi connectivity index (χ0n) is 19.4. The summed E-state index contributed by atoms with van der Waals surface area (Å²) in [6.07, 6.45) is 0.785. The Morgan fingerprint density at radius 3 is 1.69 bits per heavy atom. The molecule has 2 aromatic heterocycles. The zero-order chi connectivity index (χ0) is 23.0. The molecule has 0 radical (unpaired) electrons. The van der Waals surface area contributed by atoms with Gasteiger partial charge in [0.15, 0.2) is 5.82 Å². The fraction of sp³-hybridized carbons (Fsp3) is 0.0667. The molecule has 5 heteroatoms. The Balaban J connectivity index is 0.00000253. The summed E-state index contributed by atoms with van der Waals surface area (Å²) < 4.78 is 2.07. The quantitative estimate of drug-likeness (QED) is 0.346. The molecule has 0 aliphatic heterocycles. The Bertz CT molecular complexity index is 1490. The van der Waals surface area contributed by atoms with E-state index in [1.54, 1.807) is 0 Å². The average molecular weight is 494 g/mol. The van der Waals surface area contributed by atoms with Crippen molar-refractivity contribution in [2.45, 2.75) is 13.1 Å². The lowest BCUT2D eigenvalue weighted by atomic mass is 10.2. The minimum Gasteiger partial charge on any atom is -1.00 e. The summed E-state index contributed by atoms with van der Waals surface area (Å²) >= 11 is 0. The van der Waals surface area contributed by atoms with Crippen molar-refractivity contribution in [3.63, 3.8) is 0 Å². The Labute approximate surface area is 212 Å².